The number of hydrogen-bond acceptors (Lipinski definition) is 3. The van der Waals surface area contributed by atoms with Crippen LogP contribution in [0.4, 0.5) is 5.95 Å². The number of rotatable bonds is 5. The average Bonchev–Trinajstić information content (AvgIpc) is 2.61. The highest BCUT2D eigenvalue weighted by molar-refractivity contribution is 9.10. The number of halogens is 1. The third-order valence-electron chi connectivity index (χ3n) is 2.78. The van der Waals surface area contributed by atoms with Crippen molar-refractivity contribution in [3.63, 3.8) is 0 Å². The van der Waals surface area contributed by atoms with Crippen LogP contribution in [0, 0.1) is 0 Å². The monoisotopic (exact) mass is 297 g/mol. The van der Waals surface area contributed by atoms with E-state index in [0.29, 0.717) is 5.95 Å². The first kappa shape index (κ1) is 12.4. The molecule has 1 heterocycles. The van der Waals surface area contributed by atoms with Crippen LogP contribution in [0.15, 0.2) is 22.7 Å². The van der Waals surface area contributed by atoms with Crippen LogP contribution in [-0.4, -0.2) is 21.3 Å². The lowest BCUT2D eigenvalue weighted by Crippen LogP contribution is -2.03. The Morgan fingerprint density at radius 1 is 1.29 bits per heavy atom. The van der Waals surface area contributed by atoms with E-state index in [2.05, 4.69) is 20.9 Å². The Hall–Kier alpha value is -1.07. The van der Waals surface area contributed by atoms with Crippen LogP contribution in [0.2, 0.25) is 0 Å². The number of benzene rings is 1. The molecule has 0 radical (unpaired) electrons. The van der Waals surface area contributed by atoms with Crippen molar-refractivity contribution in [2.24, 2.45) is 0 Å². The number of aliphatic hydroxyl groups is 1. The predicted octanol–water partition coefficient (Wildman–Crippen LogP) is 2.54. The molecule has 2 rings (SSSR count). The van der Waals surface area contributed by atoms with Crippen LogP contribution in [0.3, 0.4) is 0 Å². The summed E-state index contributed by atoms with van der Waals surface area (Å²) < 4.78 is 3.05. The molecule has 92 valence electrons. The number of unbranched alkanes of at least 4 members (excludes halogenated alkanes) is 2. The molecule has 2 aromatic rings. The second-order valence-corrected chi connectivity index (χ2v) is 4.95. The Morgan fingerprint density at radius 3 is 2.88 bits per heavy atom. The molecule has 3 N–H and O–H groups in total. The number of nitrogens with zero attached hydrogens (tertiary/aromatic N) is 2. The molecular weight excluding hydrogens is 282 g/mol. The number of nitrogen functional groups attached to an aromatic ring is 1. The quantitative estimate of drug-likeness (QED) is 0.834. The normalized spacial score (nSPS) is 11.2. The largest absolute Gasteiger partial charge is 0.396 e. The molecule has 0 saturated carbocycles. The summed E-state index contributed by atoms with van der Waals surface area (Å²) >= 11 is 3.45. The molecule has 0 saturated heterocycles. The highest BCUT2D eigenvalue weighted by Crippen LogP contribution is 2.22. The SMILES string of the molecule is Nc1nc2ccc(Br)cc2n1CCCCCO. The van der Waals surface area contributed by atoms with Crippen LogP contribution in [0.5, 0.6) is 0 Å². The van der Waals surface area contributed by atoms with E-state index >= 15 is 0 Å². The van der Waals surface area contributed by atoms with E-state index in [9.17, 15) is 0 Å². The number of aryl methyl sites for hydroxylation is 1. The van der Waals surface area contributed by atoms with E-state index in [4.69, 9.17) is 10.8 Å². The number of imidazole rings is 1. The van der Waals surface area contributed by atoms with E-state index in [1.54, 1.807) is 0 Å². The highest BCUT2D eigenvalue weighted by atomic mass is 79.9. The third-order valence-corrected chi connectivity index (χ3v) is 3.27. The van der Waals surface area contributed by atoms with Gasteiger partial charge in [-0.3, -0.25) is 0 Å². The van der Waals surface area contributed by atoms with Gasteiger partial charge in [0.2, 0.25) is 5.95 Å². The van der Waals surface area contributed by atoms with Crippen molar-refractivity contribution in [1.29, 1.82) is 0 Å². The molecule has 0 bridgehead atoms. The molecule has 0 amide bonds. The molecular formula is C12H16BrN3O. The summed E-state index contributed by atoms with van der Waals surface area (Å²) in [7, 11) is 0. The molecule has 5 heteroatoms. The molecule has 4 nitrogen and oxygen atoms in total. The van der Waals surface area contributed by atoms with Gasteiger partial charge in [-0.15, -0.1) is 0 Å². The van der Waals surface area contributed by atoms with Crippen molar-refractivity contribution in [3.8, 4) is 0 Å². The lowest BCUT2D eigenvalue weighted by atomic mass is 10.2. The van der Waals surface area contributed by atoms with Crippen molar-refractivity contribution in [3.05, 3.63) is 22.7 Å². The minimum absolute atomic E-state index is 0.256. The second-order valence-electron chi connectivity index (χ2n) is 4.04. The maximum absolute atomic E-state index is 8.74. The zero-order valence-corrected chi connectivity index (χ0v) is 11.2. The Bertz CT molecular complexity index is 510. The number of aliphatic hydroxyl groups excluding tert-OH is 1. The maximum Gasteiger partial charge on any atom is 0.201 e. The molecule has 0 aliphatic heterocycles. The van der Waals surface area contributed by atoms with E-state index < -0.39 is 0 Å². The third kappa shape index (κ3) is 2.79. The number of nitrogens with two attached hydrogens (primary N) is 1. The van der Waals surface area contributed by atoms with Gasteiger partial charge >= 0.3 is 0 Å². The van der Waals surface area contributed by atoms with Gasteiger partial charge in [-0.25, -0.2) is 4.98 Å². The van der Waals surface area contributed by atoms with Gasteiger partial charge in [0, 0.05) is 17.6 Å². The maximum atomic E-state index is 8.74. The Morgan fingerprint density at radius 2 is 2.12 bits per heavy atom. The fraction of sp³-hybridized carbons (Fsp3) is 0.417. The van der Waals surface area contributed by atoms with Crippen molar-refractivity contribution in [2.45, 2.75) is 25.8 Å². The topological polar surface area (TPSA) is 64.1 Å². The van der Waals surface area contributed by atoms with Crippen LogP contribution < -0.4 is 5.73 Å². The number of anilines is 1. The van der Waals surface area contributed by atoms with Gasteiger partial charge in [0.15, 0.2) is 0 Å². The Labute approximate surface area is 109 Å². The number of aromatic nitrogens is 2. The minimum Gasteiger partial charge on any atom is -0.396 e. The lowest BCUT2D eigenvalue weighted by Gasteiger charge is -2.06. The number of fused-ring (bicyclic) bond motifs is 1. The molecule has 0 spiro atoms. The van der Waals surface area contributed by atoms with Gasteiger partial charge in [-0.2, -0.15) is 0 Å². The van der Waals surface area contributed by atoms with Crippen molar-refractivity contribution in [2.75, 3.05) is 12.3 Å². The smallest absolute Gasteiger partial charge is 0.201 e. The van der Waals surface area contributed by atoms with Gasteiger partial charge < -0.3 is 15.4 Å². The van der Waals surface area contributed by atoms with Gasteiger partial charge in [-0.05, 0) is 37.5 Å². The van der Waals surface area contributed by atoms with E-state index in [0.717, 1.165) is 41.3 Å². The molecule has 1 aromatic heterocycles. The summed E-state index contributed by atoms with van der Waals surface area (Å²) in [5.41, 5.74) is 7.89. The zero-order valence-electron chi connectivity index (χ0n) is 9.56. The standard InChI is InChI=1S/C12H16BrN3O/c13-9-4-5-10-11(8-9)16(12(14)15-10)6-2-1-3-7-17/h4-5,8,17H,1-3,6-7H2,(H2,14,15). The second kappa shape index (κ2) is 5.51. The van der Waals surface area contributed by atoms with Crippen LogP contribution >= 0.6 is 15.9 Å². The fourth-order valence-corrected chi connectivity index (χ4v) is 2.26. The van der Waals surface area contributed by atoms with Gasteiger partial charge in [0.05, 0.1) is 11.0 Å². The summed E-state index contributed by atoms with van der Waals surface area (Å²) in [5.74, 6) is 0.557. The van der Waals surface area contributed by atoms with Gasteiger partial charge in [0.1, 0.15) is 0 Å². The number of hydrogen-bond donors (Lipinski definition) is 2. The molecule has 1 aromatic carbocycles. The van der Waals surface area contributed by atoms with Crippen LogP contribution in [0.25, 0.3) is 11.0 Å². The summed E-state index contributed by atoms with van der Waals surface area (Å²) in [6.07, 6.45) is 2.85. The summed E-state index contributed by atoms with van der Waals surface area (Å²) in [4.78, 5) is 4.32. The summed E-state index contributed by atoms with van der Waals surface area (Å²) in [6.45, 7) is 1.10. The highest BCUT2D eigenvalue weighted by Gasteiger charge is 2.07. The Balaban J connectivity index is 2.20. The molecule has 0 unspecified atom stereocenters. The zero-order chi connectivity index (χ0) is 12.3. The minimum atomic E-state index is 0.256. The fourth-order valence-electron chi connectivity index (χ4n) is 1.91. The van der Waals surface area contributed by atoms with Crippen molar-refractivity contribution < 1.29 is 5.11 Å². The molecule has 0 fully saturated rings. The van der Waals surface area contributed by atoms with E-state index in [1.807, 2.05) is 22.8 Å². The molecule has 0 aliphatic carbocycles. The predicted molar refractivity (Wildman–Crippen MR) is 72.8 cm³/mol. The summed E-state index contributed by atoms with van der Waals surface area (Å²) in [6, 6.07) is 5.95. The van der Waals surface area contributed by atoms with Crippen LogP contribution in [-0.2, 0) is 6.54 Å². The van der Waals surface area contributed by atoms with Gasteiger partial charge in [-0.1, -0.05) is 15.9 Å². The first-order valence-corrected chi connectivity index (χ1v) is 6.54. The molecule has 0 atom stereocenters. The molecule has 17 heavy (non-hydrogen) atoms. The van der Waals surface area contributed by atoms with E-state index in [-0.39, 0.29) is 6.61 Å². The van der Waals surface area contributed by atoms with E-state index in [1.165, 1.54) is 0 Å². The lowest BCUT2D eigenvalue weighted by molar-refractivity contribution is 0.282. The van der Waals surface area contributed by atoms with Crippen LogP contribution in [0.1, 0.15) is 19.3 Å². The Kier molecular flexibility index (Phi) is 4.02. The molecule has 0 aliphatic rings. The summed E-state index contributed by atoms with van der Waals surface area (Å²) in [5, 5.41) is 8.74. The first-order valence-electron chi connectivity index (χ1n) is 5.74. The van der Waals surface area contributed by atoms with Crippen molar-refractivity contribution in [1.82, 2.24) is 9.55 Å². The average molecular weight is 298 g/mol. The first-order chi connectivity index (χ1) is 8.22. The van der Waals surface area contributed by atoms with Crippen molar-refractivity contribution >= 4 is 32.9 Å². The van der Waals surface area contributed by atoms with Gasteiger partial charge in [0.25, 0.3) is 0 Å².